The fourth-order valence-corrected chi connectivity index (χ4v) is 1.84. The van der Waals surface area contributed by atoms with Crippen molar-refractivity contribution < 1.29 is 14.0 Å². The molecule has 1 atom stereocenters. The first-order chi connectivity index (χ1) is 10.7. The lowest BCUT2D eigenvalue weighted by molar-refractivity contribution is -0.258. The van der Waals surface area contributed by atoms with Gasteiger partial charge in [-0.2, -0.15) is 0 Å². The molecule has 2 rings (SSSR count). The minimum Gasteiger partial charge on any atom is -0.271 e. The van der Waals surface area contributed by atoms with E-state index in [1.54, 1.807) is 37.3 Å². The van der Waals surface area contributed by atoms with Gasteiger partial charge in [0, 0.05) is 18.5 Å². The Bertz CT molecular complexity index is 578. The Morgan fingerprint density at radius 2 is 1.73 bits per heavy atom. The third-order valence-corrected chi connectivity index (χ3v) is 3.06. The lowest BCUT2D eigenvalue weighted by Gasteiger charge is -2.24. The van der Waals surface area contributed by atoms with Gasteiger partial charge in [0.05, 0.1) is 0 Å². The smallest absolute Gasteiger partial charge is 0.261 e. The summed E-state index contributed by atoms with van der Waals surface area (Å²) in [7, 11) is 0. The van der Waals surface area contributed by atoms with Crippen molar-refractivity contribution in [1.82, 2.24) is 10.6 Å². The summed E-state index contributed by atoms with van der Waals surface area (Å²) >= 11 is 0. The highest BCUT2D eigenvalue weighted by Gasteiger charge is 2.19. The van der Waals surface area contributed by atoms with E-state index >= 15 is 0 Å². The molecule has 2 aromatic carbocycles. The Labute approximate surface area is 129 Å². The molecule has 0 saturated heterocycles. The van der Waals surface area contributed by atoms with Crippen molar-refractivity contribution in [2.45, 2.75) is 26.2 Å². The van der Waals surface area contributed by atoms with Crippen molar-refractivity contribution in [3.63, 3.8) is 0 Å². The molecule has 1 amide bonds. The average Bonchev–Trinajstić information content (AvgIpc) is 2.59. The Morgan fingerprint density at radius 3 is 2.32 bits per heavy atom. The standard InChI is InChI=1S/C17H19FN2O2/c1-2-16(21)20(19-13-14-9-5-3-6-10-14)22-17(18)15-11-7-4-8-12-15/h3-12,17,19H,2,13H2,1H3. The molecule has 4 nitrogen and oxygen atoms in total. The van der Waals surface area contributed by atoms with Crippen molar-refractivity contribution in [2.75, 3.05) is 0 Å². The van der Waals surface area contributed by atoms with Crippen LogP contribution < -0.4 is 5.43 Å². The lowest BCUT2D eigenvalue weighted by atomic mass is 10.2. The molecule has 0 aliphatic heterocycles. The molecule has 0 heterocycles. The topological polar surface area (TPSA) is 41.6 Å². The van der Waals surface area contributed by atoms with Crippen LogP contribution in [0.25, 0.3) is 0 Å². The molecule has 22 heavy (non-hydrogen) atoms. The molecular weight excluding hydrogens is 283 g/mol. The number of hydrazine groups is 1. The van der Waals surface area contributed by atoms with Crippen molar-refractivity contribution in [3.05, 3.63) is 71.8 Å². The zero-order valence-electron chi connectivity index (χ0n) is 12.4. The molecule has 0 bridgehead atoms. The third-order valence-electron chi connectivity index (χ3n) is 3.06. The maximum Gasteiger partial charge on any atom is 0.261 e. The molecule has 0 aliphatic rings. The van der Waals surface area contributed by atoms with Crippen LogP contribution in [0.15, 0.2) is 60.7 Å². The van der Waals surface area contributed by atoms with Crippen LogP contribution in [-0.4, -0.2) is 11.1 Å². The zero-order valence-corrected chi connectivity index (χ0v) is 12.4. The molecule has 1 unspecified atom stereocenters. The first-order valence-corrected chi connectivity index (χ1v) is 7.17. The van der Waals surface area contributed by atoms with Crippen molar-refractivity contribution in [1.29, 1.82) is 0 Å². The van der Waals surface area contributed by atoms with E-state index in [0.717, 1.165) is 10.7 Å². The highest BCUT2D eigenvalue weighted by Crippen LogP contribution is 2.19. The van der Waals surface area contributed by atoms with Crippen LogP contribution >= 0.6 is 0 Å². The van der Waals surface area contributed by atoms with Crippen LogP contribution in [-0.2, 0) is 16.2 Å². The molecule has 0 radical (unpaired) electrons. The van der Waals surface area contributed by atoms with Crippen molar-refractivity contribution >= 4 is 5.91 Å². The predicted molar refractivity (Wildman–Crippen MR) is 81.8 cm³/mol. The van der Waals surface area contributed by atoms with E-state index in [1.165, 1.54) is 0 Å². The summed E-state index contributed by atoms with van der Waals surface area (Å²) in [5.74, 6) is -0.338. The van der Waals surface area contributed by atoms with Crippen LogP contribution in [0.3, 0.4) is 0 Å². The van der Waals surface area contributed by atoms with E-state index in [0.29, 0.717) is 12.1 Å². The van der Waals surface area contributed by atoms with Gasteiger partial charge in [-0.3, -0.25) is 4.79 Å². The number of rotatable bonds is 7. The quantitative estimate of drug-likeness (QED) is 0.796. The third kappa shape index (κ3) is 4.65. The predicted octanol–water partition coefficient (Wildman–Crippen LogP) is 3.53. The van der Waals surface area contributed by atoms with Crippen LogP contribution in [0.2, 0.25) is 0 Å². The van der Waals surface area contributed by atoms with Gasteiger partial charge in [0.25, 0.3) is 12.3 Å². The van der Waals surface area contributed by atoms with E-state index in [2.05, 4.69) is 5.43 Å². The molecule has 0 aromatic heterocycles. The van der Waals surface area contributed by atoms with Gasteiger partial charge < -0.3 is 0 Å². The number of halogens is 1. The Morgan fingerprint density at radius 1 is 1.14 bits per heavy atom. The summed E-state index contributed by atoms with van der Waals surface area (Å²) in [4.78, 5) is 17.0. The van der Waals surface area contributed by atoms with Crippen LogP contribution in [0, 0.1) is 0 Å². The van der Waals surface area contributed by atoms with E-state index in [9.17, 15) is 9.18 Å². The highest BCUT2D eigenvalue weighted by atomic mass is 19.1. The van der Waals surface area contributed by atoms with Gasteiger partial charge >= 0.3 is 0 Å². The van der Waals surface area contributed by atoms with E-state index in [4.69, 9.17) is 4.84 Å². The van der Waals surface area contributed by atoms with Gasteiger partial charge in [-0.25, -0.2) is 14.7 Å². The minimum absolute atomic E-state index is 0.212. The fraction of sp³-hybridized carbons (Fsp3) is 0.235. The maximum atomic E-state index is 14.2. The number of carbonyl (C=O) groups is 1. The lowest BCUT2D eigenvalue weighted by Crippen LogP contribution is -2.42. The van der Waals surface area contributed by atoms with E-state index in [1.807, 2.05) is 30.3 Å². The second-order valence-corrected chi connectivity index (χ2v) is 4.69. The van der Waals surface area contributed by atoms with Gasteiger partial charge in [-0.15, -0.1) is 5.17 Å². The molecule has 0 spiro atoms. The molecule has 2 aromatic rings. The number of amides is 1. The van der Waals surface area contributed by atoms with Gasteiger partial charge in [-0.1, -0.05) is 67.6 Å². The number of carbonyl (C=O) groups excluding carboxylic acids is 1. The van der Waals surface area contributed by atoms with Gasteiger partial charge in [0.1, 0.15) is 0 Å². The van der Waals surface area contributed by atoms with Gasteiger partial charge in [0.2, 0.25) is 0 Å². The Hall–Kier alpha value is -2.24. The van der Waals surface area contributed by atoms with E-state index < -0.39 is 6.36 Å². The first-order valence-electron chi connectivity index (χ1n) is 7.17. The molecule has 1 N–H and O–H groups in total. The van der Waals surface area contributed by atoms with Gasteiger partial charge in [-0.05, 0) is 5.56 Å². The summed E-state index contributed by atoms with van der Waals surface area (Å²) in [6, 6.07) is 18.0. The normalized spacial score (nSPS) is 11.9. The summed E-state index contributed by atoms with van der Waals surface area (Å²) in [6.07, 6.45) is -1.50. The highest BCUT2D eigenvalue weighted by molar-refractivity contribution is 5.74. The number of benzene rings is 2. The summed E-state index contributed by atoms with van der Waals surface area (Å²) in [5, 5.41) is 0.880. The number of hydroxylamine groups is 1. The maximum absolute atomic E-state index is 14.2. The molecule has 0 fully saturated rings. The first kappa shape index (κ1) is 16.1. The van der Waals surface area contributed by atoms with E-state index in [-0.39, 0.29) is 12.3 Å². The van der Waals surface area contributed by atoms with Crippen LogP contribution in [0.4, 0.5) is 4.39 Å². The molecule has 116 valence electrons. The summed E-state index contributed by atoms with van der Waals surface area (Å²) in [6.45, 7) is 2.06. The number of hydrogen-bond donors (Lipinski definition) is 1. The minimum atomic E-state index is -1.71. The average molecular weight is 302 g/mol. The zero-order chi connectivity index (χ0) is 15.8. The van der Waals surface area contributed by atoms with Crippen LogP contribution in [0.1, 0.15) is 30.8 Å². The number of hydrogen-bond acceptors (Lipinski definition) is 3. The number of nitrogens with zero attached hydrogens (tertiary/aromatic N) is 1. The SMILES string of the molecule is CCC(=O)N(NCc1ccccc1)OC(F)c1ccccc1. The van der Waals surface area contributed by atoms with Crippen LogP contribution in [0.5, 0.6) is 0 Å². The largest absolute Gasteiger partial charge is 0.271 e. The monoisotopic (exact) mass is 302 g/mol. The molecule has 5 heteroatoms. The van der Waals surface area contributed by atoms with Gasteiger partial charge in [0.15, 0.2) is 0 Å². The fourth-order valence-electron chi connectivity index (χ4n) is 1.84. The molecular formula is C17H19FN2O2. The van der Waals surface area contributed by atoms with Crippen molar-refractivity contribution in [2.24, 2.45) is 0 Å². The Kier molecular flexibility index (Phi) is 6.06. The summed E-state index contributed by atoms with van der Waals surface area (Å²) in [5.41, 5.74) is 4.14. The number of alkyl halides is 1. The molecule has 0 aliphatic carbocycles. The van der Waals surface area contributed by atoms with Crippen molar-refractivity contribution in [3.8, 4) is 0 Å². The molecule has 0 saturated carbocycles. The number of nitrogens with one attached hydrogen (secondary N) is 1. The second kappa shape index (κ2) is 8.26. The Balaban J connectivity index is 1.99. The second-order valence-electron chi connectivity index (χ2n) is 4.69. The summed E-state index contributed by atoms with van der Waals surface area (Å²) < 4.78 is 14.2.